The number of thioether (sulfide) groups is 1. The second-order valence-corrected chi connectivity index (χ2v) is 8.26. The Morgan fingerprint density at radius 1 is 1.00 bits per heavy atom. The molecular weight excluding hydrogens is 472 g/mol. The largest absolute Gasteiger partial charge is 0.417 e. The Morgan fingerprint density at radius 3 is 2.15 bits per heavy atom. The number of pyridine rings is 1. The minimum Gasteiger partial charge on any atom is -0.379 e. The van der Waals surface area contributed by atoms with Gasteiger partial charge in [-0.3, -0.25) is 9.69 Å². The highest BCUT2D eigenvalue weighted by atomic mass is 32.2. The Bertz CT molecular complexity index is 914. The van der Waals surface area contributed by atoms with Gasteiger partial charge in [-0.2, -0.15) is 26.3 Å². The SMILES string of the molecule is O=C(CSc1ccc(C(F)(F)F)cn1)NCC(c1ccc(C(F)(F)F)cc1)N1CCOCC1. The third-order valence-corrected chi connectivity index (χ3v) is 5.96. The average Bonchev–Trinajstić information content (AvgIpc) is 2.78. The molecule has 1 amide bonds. The van der Waals surface area contributed by atoms with Crippen LogP contribution in [0.3, 0.4) is 0 Å². The van der Waals surface area contributed by atoms with E-state index in [2.05, 4.69) is 10.3 Å². The van der Waals surface area contributed by atoms with E-state index in [1.54, 1.807) is 0 Å². The van der Waals surface area contributed by atoms with Gasteiger partial charge in [0.2, 0.25) is 5.91 Å². The molecule has 0 aliphatic carbocycles. The Balaban J connectivity index is 1.60. The van der Waals surface area contributed by atoms with Crippen molar-refractivity contribution in [2.75, 3.05) is 38.6 Å². The first-order chi connectivity index (χ1) is 15.5. The number of halogens is 6. The van der Waals surface area contributed by atoms with Crippen LogP contribution in [-0.4, -0.2) is 54.4 Å². The first-order valence-corrected chi connectivity index (χ1v) is 10.9. The molecule has 1 unspecified atom stereocenters. The summed E-state index contributed by atoms with van der Waals surface area (Å²) < 4.78 is 81.8. The molecule has 2 aromatic rings. The summed E-state index contributed by atoms with van der Waals surface area (Å²) in [4.78, 5) is 18.1. The molecule has 0 spiro atoms. The molecule has 1 fully saturated rings. The van der Waals surface area contributed by atoms with E-state index >= 15 is 0 Å². The van der Waals surface area contributed by atoms with E-state index in [4.69, 9.17) is 4.74 Å². The van der Waals surface area contributed by atoms with Crippen molar-refractivity contribution in [3.05, 3.63) is 59.3 Å². The first kappa shape index (κ1) is 25.3. The monoisotopic (exact) mass is 493 g/mol. The maximum atomic E-state index is 12.9. The van der Waals surface area contributed by atoms with Crippen molar-refractivity contribution >= 4 is 17.7 Å². The van der Waals surface area contributed by atoms with Crippen LogP contribution in [-0.2, 0) is 21.9 Å². The first-order valence-electron chi connectivity index (χ1n) is 9.96. The van der Waals surface area contributed by atoms with Crippen molar-refractivity contribution in [1.82, 2.24) is 15.2 Å². The highest BCUT2D eigenvalue weighted by Gasteiger charge is 2.32. The van der Waals surface area contributed by atoms with Crippen molar-refractivity contribution in [3.63, 3.8) is 0 Å². The topological polar surface area (TPSA) is 54.5 Å². The Morgan fingerprint density at radius 2 is 1.61 bits per heavy atom. The predicted octanol–water partition coefficient (Wildman–Crippen LogP) is 4.40. The minimum absolute atomic E-state index is 0.0682. The molecule has 1 N–H and O–H groups in total. The van der Waals surface area contributed by atoms with E-state index in [0.29, 0.717) is 38.1 Å². The fourth-order valence-corrected chi connectivity index (χ4v) is 3.95. The third kappa shape index (κ3) is 7.34. The number of nitrogens with one attached hydrogen (secondary N) is 1. The zero-order valence-electron chi connectivity index (χ0n) is 17.2. The van der Waals surface area contributed by atoms with Gasteiger partial charge in [0, 0.05) is 25.8 Å². The van der Waals surface area contributed by atoms with Gasteiger partial charge < -0.3 is 10.1 Å². The zero-order chi connectivity index (χ0) is 24.1. The molecule has 0 bridgehead atoms. The van der Waals surface area contributed by atoms with E-state index in [-0.39, 0.29) is 29.3 Å². The van der Waals surface area contributed by atoms with Gasteiger partial charge in [-0.1, -0.05) is 23.9 Å². The summed E-state index contributed by atoms with van der Waals surface area (Å²) in [5, 5.41) is 3.03. The third-order valence-electron chi connectivity index (χ3n) is 5.02. The summed E-state index contributed by atoms with van der Waals surface area (Å²) in [6.07, 6.45) is -8.22. The molecule has 12 heteroatoms. The Labute approximate surface area is 190 Å². The molecule has 2 heterocycles. The number of carbonyl (C=O) groups is 1. The molecule has 0 saturated carbocycles. The molecule has 1 aliphatic heterocycles. The normalized spacial score (nSPS) is 16.4. The molecule has 1 saturated heterocycles. The van der Waals surface area contributed by atoms with E-state index in [9.17, 15) is 31.1 Å². The summed E-state index contributed by atoms with van der Waals surface area (Å²) in [5.41, 5.74) is -1.00. The molecule has 180 valence electrons. The lowest BCUT2D eigenvalue weighted by Gasteiger charge is -2.35. The van der Waals surface area contributed by atoms with Crippen LogP contribution in [0, 0.1) is 0 Å². The number of rotatable bonds is 7. The molecule has 5 nitrogen and oxygen atoms in total. The number of carbonyl (C=O) groups excluding carboxylic acids is 1. The average molecular weight is 493 g/mol. The van der Waals surface area contributed by atoms with Crippen LogP contribution in [0.2, 0.25) is 0 Å². The standard InChI is InChI=1S/C21H21F6N3O2S/c22-20(23,24)15-3-1-14(2-4-15)17(30-7-9-32-10-8-30)12-28-18(31)13-33-19-6-5-16(11-29-19)21(25,26)27/h1-6,11,17H,7-10,12-13H2,(H,28,31). The number of hydrogen-bond acceptors (Lipinski definition) is 5. The summed E-state index contributed by atoms with van der Waals surface area (Å²) in [7, 11) is 0. The van der Waals surface area contributed by atoms with Gasteiger partial charge in [-0.05, 0) is 29.8 Å². The summed E-state index contributed by atoms with van der Waals surface area (Å²) in [5.74, 6) is -0.437. The van der Waals surface area contributed by atoms with Gasteiger partial charge in [0.15, 0.2) is 0 Å². The van der Waals surface area contributed by atoms with E-state index in [1.165, 1.54) is 18.2 Å². The number of aromatic nitrogens is 1. The maximum absolute atomic E-state index is 12.9. The molecule has 1 aliphatic rings. The summed E-state index contributed by atoms with van der Waals surface area (Å²) in [6.45, 7) is 2.23. The number of alkyl halides is 6. The van der Waals surface area contributed by atoms with Gasteiger partial charge in [0.1, 0.15) is 0 Å². The lowest BCUT2D eigenvalue weighted by molar-refractivity contribution is -0.138. The van der Waals surface area contributed by atoms with Crippen molar-refractivity contribution in [2.24, 2.45) is 0 Å². The van der Waals surface area contributed by atoms with Crippen LogP contribution in [0.5, 0.6) is 0 Å². The quantitative estimate of drug-likeness (QED) is 0.458. The molecule has 1 atom stereocenters. The molecule has 3 rings (SSSR count). The molecule has 0 radical (unpaired) electrons. The van der Waals surface area contributed by atoms with Crippen LogP contribution in [0.1, 0.15) is 22.7 Å². The van der Waals surface area contributed by atoms with E-state index in [1.807, 2.05) is 4.90 Å². The van der Waals surface area contributed by atoms with Crippen molar-refractivity contribution in [3.8, 4) is 0 Å². The minimum atomic E-state index is -4.49. The second-order valence-electron chi connectivity index (χ2n) is 7.26. The molecule has 1 aromatic carbocycles. The van der Waals surface area contributed by atoms with Gasteiger partial charge in [-0.15, -0.1) is 0 Å². The number of amides is 1. The predicted molar refractivity (Wildman–Crippen MR) is 110 cm³/mol. The number of benzene rings is 1. The van der Waals surface area contributed by atoms with Gasteiger partial charge in [0.25, 0.3) is 0 Å². The highest BCUT2D eigenvalue weighted by molar-refractivity contribution is 7.99. The van der Waals surface area contributed by atoms with Crippen molar-refractivity contribution in [1.29, 1.82) is 0 Å². The van der Waals surface area contributed by atoms with Crippen molar-refractivity contribution < 1.29 is 35.9 Å². The lowest BCUT2D eigenvalue weighted by Crippen LogP contribution is -2.44. The van der Waals surface area contributed by atoms with Gasteiger partial charge in [-0.25, -0.2) is 4.98 Å². The van der Waals surface area contributed by atoms with Crippen LogP contribution in [0.25, 0.3) is 0 Å². The van der Waals surface area contributed by atoms with Gasteiger partial charge >= 0.3 is 12.4 Å². The number of ether oxygens (including phenoxy) is 1. The second kappa shape index (κ2) is 10.7. The van der Waals surface area contributed by atoms with Crippen LogP contribution < -0.4 is 5.32 Å². The fourth-order valence-electron chi connectivity index (χ4n) is 3.28. The molecular formula is C21H21F6N3O2S. The Kier molecular flexibility index (Phi) is 8.24. The van der Waals surface area contributed by atoms with Crippen LogP contribution in [0.15, 0.2) is 47.6 Å². The number of morpholine rings is 1. The van der Waals surface area contributed by atoms with Crippen LogP contribution in [0.4, 0.5) is 26.3 Å². The van der Waals surface area contributed by atoms with Crippen LogP contribution >= 0.6 is 11.8 Å². The van der Waals surface area contributed by atoms with Gasteiger partial charge in [0.05, 0.1) is 41.2 Å². The maximum Gasteiger partial charge on any atom is 0.417 e. The lowest BCUT2D eigenvalue weighted by atomic mass is 10.0. The summed E-state index contributed by atoms with van der Waals surface area (Å²) in [6, 6.07) is 6.56. The Hall–Kier alpha value is -2.31. The van der Waals surface area contributed by atoms with E-state index in [0.717, 1.165) is 30.0 Å². The van der Waals surface area contributed by atoms with Crippen molar-refractivity contribution in [2.45, 2.75) is 23.4 Å². The smallest absolute Gasteiger partial charge is 0.379 e. The fraction of sp³-hybridized carbons (Fsp3) is 0.429. The van der Waals surface area contributed by atoms with E-state index < -0.39 is 23.5 Å². The molecule has 33 heavy (non-hydrogen) atoms. The molecule has 1 aromatic heterocycles. The number of hydrogen-bond donors (Lipinski definition) is 1. The summed E-state index contributed by atoms with van der Waals surface area (Å²) >= 11 is 0.987. The highest BCUT2D eigenvalue weighted by Crippen LogP contribution is 2.31. The zero-order valence-corrected chi connectivity index (χ0v) is 18.1. The number of nitrogens with zero attached hydrogens (tertiary/aromatic N) is 2.